The van der Waals surface area contributed by atoms with Gasteiger partial charge in [0.1, 0.15) is 0 Å². The Morgan fingerprint density at radius 1 is 1.25 bits per heavy atom. The van der Waals surface area contributed by atoms with Gasteiger partial charge in [-0.3, -0.25) is 0 Å². The summed E-state index contributed by atoms with van der Waals surface area (Å²) in [6.45, 7) is 11.2. The van der Waals surface area contributed by atoms with E-state index in [1.165, 1.54) is 5.56 Å². The fourth-order valence-electron chi connectivity index (χ4n) is 1.18. The Balaban J connectivity index is 2.73. The molecule has 1 nitrogen and oxygen atoms in total. The van der Waals surface area contributed by atoms with Gasteiger partial charge in [-0.15, -0.1) is 0 Å². The fraction of sp³-hybridized carbons (Fsp3) is 0.364. The third-order valence-corrected chi connectivity index (χ3v) is 1.71. The smallest absolute Gasteiger partial charge is 0.187 e. The van der Waals surface area contributed by atoms with Gasteiger partial charge in [0.2, 0.25) is 0 Å². The van der Waals surface area contributed by atoms with Crippen molar-refractivity contribution in [1.82, 2.24) is 0 Å². The first-order chi connectivity index (χ1) is 5.72. The van der Waals surface area contributed by atoms with Crippen LogP contribution in [0.2, 0.25) is 0 Å². The molecule has 0 aliphatic rings. The van der Waals surface area contributed by atoms with Gasteiger partial charge in [-0.1, -0.05) is 43.7 Å². The van der Waals surface area contributed by atoms with E-state index < -0.39 is 0 Å². The van der Waals surface area contributed by atoms with Crippen LogP contribution in [0.3, 0.4) is 0 Å². The largest absolute Gasteiger partial charge is 0.238 e. The van der Waals surface area contributed by atoms with Crippen molar-refractivity contribution < 1.29 is 0 Å². The quantitative estimate of drug-likeness (QED) is 0.582. The second kappa shape index (κ2) is 3.92. The summed E-state index contributed by atoms with van der Waals surface area (Å²) in [5.41, 5.74) is 2.04. The molecule has 0 atom stereocenters. The fourth-order valence-corrected chi connectivity index (χ4v) is 1.18. The number of hydrogen-bond acceptors (Lipinski definition) is 0. The van der Waals surface area contributed by atoms with Gasteiger partial charge in [0.25, 0.3) is 0 Å². The summed E-state index contributed by atoms with van der Waals surface area (Å²) in [4.78, 5) is 3.34. The molecule has 1 heteroatoms. The molecule has 0 spiro atoms. The van der Waals surface area contributed by atoms with Crippen LogP contribution >= 0.6 is 0 Å². The third-order valence-electron chi connectivity index (χ3n) is 1.71. The molecule has 0 N–H and O–H groups in total. The van der Waals surface area contributed by atoms with E-state index in [0.29, 0.717) is 5.92 Å². The van der Waals surface area contributed by atoms with Gasteiger partial charge >= 0.3 is 0 Å². The van der Waals surface area contributed by atoms with Gasteiger partial charge < -0.3 is 0 Å². The van der Waals surface area contributed by atoms with Crippen LogP contribution in [0.1, 0.15) is 19.4 Å². The van der Waals surface area contributed by atoms with E-state index in [1.807, 2.05) is 24.3 Å². The number of benzene rings is 1. The lowest BCUT2D eigenvalue weighted by molar-refractivity contribution is 0.647. The van der Waals surface area contributed by atoms with Crippen LogP contribution in [-0.4, -0.2) is 0 Å². The van der Waals surface area contributed by atoms with E-state index in [9.17, 15) is 0 Å². The average Bonchev–Trinajstić information content (AvgIpc) is 2.05. The lowest BCUT2D eigenvalue weighted by Crippen LogP contribution is -1.92. The molecule has 0 aromatic heterocycles. The molecule has 0 saturated carbocycles. The Hall–Kier alpha value is -1.29. The van der Waals surface area contributed by atoms with Crippen LogP contribution in [-0.2, 0) is 6.42 Å². The van der Waals surface area contributed by atoms with Crippen molar-refractivity contribution in [2.24, 2.45) is 5.92 Å². The Morgan fingerprint density at radius 2 is 1.83 bits per heavy atom. The summed E-state index contributed by atoms with van der Waals surface area (Å²) >= 11 is 0. The molecule has 0 fully saturated rings. The van der Waals surface area contributed by atoms with E-state index in [0.717, 1.165) is 12.1 Å². The molecule has 0 bridgehead atoms. The molecule has 0 amide bonds. The molecule has 0 radical (unpaired) electrons. The minimum atomic E-state index is 0.684. The van der Waals surface area contributed by atoms with E-state index >= 15 is 0 Å². The first-order valence-corrected chi connectivity index (χ1v) is 4.19. The lowest BCUT2D eigenvalue weighted by Gasteiger charge is -2.03. The van der Waals surface area contributed by atoms with Crippen molar-refractivity contribution >= 4 is 5.69 Å². The van der Waals surface area contributed by atoms with E-state index in [1.54, 1.807) is 0 Å². The van der Waals surface area contributed by atoms with E-state index in [4.69, 9.17) is 6.57 Å². The predicted octanol–water partition coefficient (Wildman–Crippen LogP) is 3.44. The highest BCUT2D eigenvalue weighted by atomic mass is 14.6. The molecule has 0 aliphatic heterocycles. The molecule has 0 saturated heterocycles. The minimum Gasteiger partial charge on any atom is -0.238 e. The first kappa shape index (κ1) is 8.80. The number of rotatable bonds is 2. The highest BCUT2D eigenvalue weighted by Gasteiger charge is 1.96. The van der Waals surface area contributed by atoms with Crippen LogP contribution in [0, 0.1) is 12.5 Å². The molecule has 0 heterocycles. The zero-order valence-electron chi connectivity index (χ0n) is 7.54. The van der Waals surface area contributed by atoms with Crippen molar-refractivity contribution in [3.05, 3.63) is 41.2 Å². The Kier molecular flexibility index (Phi) is 2.88. The van der Waals surface area contributed by atoms with Crippen molar-refractivity contribution in [2.45, 2.75) is 20.3 Å². The summed E-state index contributed by atoms with van der Waals surface area (Å²) in [6, 6.07) is 7.83. The maximum atomic E-state index is 6.78. The second-order valence-electron chi connectivity index (χ2n) is 3.38. The molecule has 12 heavy (non-hydrogen) atoms. The van der Waals surface area contributed by atoms with Gasteiger partial charge in [0.05, 0.1) is 6.57 Å². The highest BCUT2D eigenvalue weighted by molar-refractivity contribution is 5.45. The van der Waals surface area contributed by atoms with Crippen molar-refractivity contribution in [2.75, 3.05) is 0 Å². The SMILES string of the molecule is [C-]#[N+]c1ccc(CC(C)C)cc1. The molecular weight excluding hydrogens is 146 g/mol. The summed E-state index contributed by atoms with van der Waals surface area (Å²) in [5, 5.41) is 0. The molecule has 1 rings (SSSR count). The lowest BCUT2D eigenvalue weighted by atomic mass is 10.0. The Labute approximate surface area is 73.9 Å². The molecular formula is C11H13N. The Bertz CT molecular complexity index is 277. The zero-order valence-corrected chi connectivity index (χ0v) is 7.54. The second-order valence-corrected chi connectivity index (χ2v) is 3.38. The van der Waals surface area contributed by atoms with Gasteiger partial charge in [-0.2, -0.15) is 0 Å². The van der Waals surface area contributed by atoms with Gasteiger partial charge in [-0.25, -0.2) is 4.85 Å². The number of nitrogens with zero attached hydrogens (tertiary/aromatic N) is 1. The van der Waals surface area contributed by atoms with Crippen LogP contribution in [0.15, 0.2) is 24.3 Å². The molecule has 0 unspecified atom stereocenters. The van der Waals surface area contributed by atoms with E-state index in [2.05, 4.69) is 18.7 Å². The van der Waals surface area contributed by atoms with Crippen LogP contribution < -0.4 is 0 Å². The van der Waals surface area contributed by atoms with Gasteiger partial charge in [0.15, 0.2) is 5.69 Å². The summed E-state index contributed by atoms with van der Waals surface area (Å²) in [6.07, 6.45) is 1.10. The Morgan fingerprint density at radius 3 is 2.25 bits per heavy atom. The highest BCUT2D eigenvalue weighted by Crippen LogP contribution is 2.14. The first-order valence-electron chi connectivity index (χ1n) is 4.19. The van der Waals surface area contributed by atoms with Gasteiger partial charge in [0, 0.05) is 0 Å². The predicted molar refractivity (Wildman–Crippen MR) is 51.2 cm³/mol. The van der Waals surface area contributed by atoms with Crippen LogP contribution in [0.25, 0.3) is 4.85 Å². The summed E-state index contributed by atoms with van der Waals surface area (Å²) in [7, 11) is 0. The standard InChI is InChI=1S/C11H13N/c1-9(2)8-10-4-6-11(12-3)7-5-10/h4-7,9H,8H2,1-2H3. The normalized spacial score (nSPS) is 9.83. The van der Waals surface area contributed by atoms with Crippen LogP contribution in [0.5, 0.6) is 0 Å². The van der Waals surface area contributed by atoms with Gasteiger partial charge in [-0.05, 0) is 12.3 Å². The maximum absolute atomic E-state index is 6.78. The molecule has 1 aromatic rings. The van der Waals surface area contributed by atoms with Crippen molar-refractivity contribution in [1.29, 1.82) is 0 Å². The molecule has 62 valence electrons. The zero-order chi connectivity index (χ0) is 8.97. The minimum absolute atomic E-state index is 0.684. The topological polar surface area (TPSA) is 4.36 Å². The molecule has 1 aromatic carbocycles. The summed E-state index contributed by atoms with van der Waals surface area (Å²) < 4.78 is 0. The summed E-state index contributed by atoms with van der Waals surface area (Å²) in [5.74, 6) is 0.684. The monoisotopic (exact) mass is 159 g/mol. The average molecular weight is 159 g/mol. The van der Waals surface area contributed by atoms with Crippen LogP contribution in [0.4, 0.5) is 5.69 Å². The maximum Gasteiger partial charge on any atom is 0.187 e. The molecule has 0 aliphatic carbocycles. The van der Waals surface area contributed by atoms with E-state index in [-0.39, 0.29) is 0 Å². The van der Waals surface area contributed by atoms with Crippen molar-refractivity contribution in [3.8, 4) is 0 Å². The van der Waals surface area contributed by atoms with Crippen molar-refractivity contribution in [3.63, 3.8) is 0 Å². The number of hydrogen-bond donors (Lipinski definition) is 0. The third kappa shape index (κ3) is 2.39.